The number of nitrogens with one attached hydrogen (secondary N) is 2. The number of hydrogen-bond acceptors (Lipinski definition) is 4. The molecule has 7 nitrogen and oxygen atoms in total. The smallest absolute Gasteiger partial charge is 0.240 e. The van der Waals surface area contributed by atoms with E-state index in [9.17, 15) is 14.4 Å². The van der Waals surface area contributed by atoms with E-state index in [-0.39, 0.29) is 37.1 Å². The van der Waals surface area contributed by atoms with Crippen molar-refractivity contribution >= 4 is 29.2 Å². The quantitative estimate of drug-likeness (QED) is 0.709. The van der Waals surface area contributed by atoms with Gasteiger partial charge in [0.2, 0.25) is 17.7 Å². The highest BCUT2D eigenvalue weighted by atomic mass is 16.2. The lowest BCUT2D eigenvalue weighted by Crippen LogP contribution is -2.47. The lowest BCUT2D eigenvalue weighted by Gasteiger charge is -2.27. The molecule has 7 heteroatoms. The normalized spacial score (nSPS) is 11.0. The lowest BCUT2D eigenvalue weighted by molar-refractivity contribution is -0.125. The summed E-state index contributed by atoms with van der Waals surface area (Å²) in [7, 11) is 0. The van der Waals surface area contributed by atoms with Gasteiger partial charge in [0.25, 0.3) is 0 Å². The number of pyridine rings is 1. The van der Waals surface area contributed by atoms with Crippen molar-refractivity contribution in [3.8, 4) is 0 Å². The average molecular weight is 425 g/mol. The minimum Gasteiger partial charge on any atom is -0.350 e. The van der Waals surface area contributed by atoms with Gasteiger partial charge in [0, 0.05) is 30.3 Å². The summed E-state index contributed by atoms with van der Waals surface area (Å²) < 4.78 is 0. The third-order valence-corrected chi connectivity index (χ3v) is 4.51. The summed E-state index contributed by atoms with van der Waals surface area (Å²) >= 11 is 0. The number of carbonyl (C=O) groups is 3. The number of aryl methyl sites for hydroxylation is 3. The van der Waals surface area contributed by atoms with Crippen molar-refractivity contribution in [3.63, 3.8) is 0 Å². The molecule has 2 aromatic rings. The Morgan fingerprint density at radius 3 is 2.23 bits per heavy atom. The highest BCUT2D eigenvalue weighted by Gasteiger charge is 2.23. The van der Waals surface area contributed by atoms with E-state index in [1.807, 2.05) is 65.8 Å². The molecule has 1 aromatic carbocycles. The van der Waals surface area contributed by atoms with Gasteiger partial charge in [-0.25, -0.2) is 4.98 Å². The molecule has 0 saturated heterocycles. The van der Waals surface area contributed by atoms with Crippen molar-refractivity contribution in [2.45, 2.75) is 59.9 Å². The predicted molar refractivity (Wildman–Crippen MR) is 123 cm³/mol. The van der Waals surface area contributed by atoms with Crippen LogP contribution in [0.5, 0.6) is 0 Å². The highest BCUT2D eigenvalue weighted by molar-refractivity contribution is 6.01. The third kappa shape index (κ3) is 7.85. The fraction of sp³-hybridized carbons (Fsp3) is 0.417. The Balaban J connectivity index is 2.11. The van der Waals surface area contributed by atoms with Gasteiger partial charge in [-0.2, -0.15) is 0 Å². The van der Waals surface area contributed by atoms with Crippen molar-refractivity contribution < 1.29 is 14.4 Å². The van der Waals surface area contributed by atoms with Crippen LogP contribution in [0.15, 0.2) is 36.5 Å². The summed E-state index contributed by atoms with van der Waals surface area (Å²) in [6, 6.07) is 9.31. The zero-order valence-corrected chi connectivity index (χ0v) is 19.2. The first-order valence-electron chi connectivity index (χ1n) is 10.4. The number of carbonyl (C=O) groups excluding carboxylic acids is 3. The van der Waals surface area contributed by atoms with Crippen LogP contribution in [-0.4, -0.2) is 34.8 Å². The maximum atomic E-state index is 13.0. The van der Waals surface area contributed by atoms with Gasteiger partial charge in [0.05, 0.1) is 0 Å². The second-order valence-electron chi connectivity index (χ2n) is 8.83. The molecule has 3 amide bonds. The fourth-order valence-electron chi connectivity index (χ4n) is 3.18. The highest BCUT2D eigenvalue weighted by Crippen LogP contribution is 2.22. The zero-order valence-electron chi connectivity index (χ0n) is 19.2. The number of rotatable bonds is 7. The van der Waals surface area contributed by atoms with Gasteiger partial charge in [-0.05, 0) is 70.9 Å². The monoisotopic (exact) mass is 424 g/mol. The molecular formula is C24H32N4O3. The molecule has 1 aromatic heterocycles. The molecule has 0 saturated carbocycles. The lowest BCUT2D eigenvalue weighted by atomic mass is 10.1. The van der Waals surface area contributed by atoms with E-state index in [1.165, 1.54) is 4.90 Å². The summed E-state index contributed by atoms with van der Waals surface area (Å²) in [6.45, 7) is 11.3. The molecule has 1 heterocycles. The summed E-state index contributed by atoms with van der Waals surface area (Å²) in [6.07, 6.45) is 1.59. The van der Waals surface area contributed by atoms with Crippen molar-refractivity contribution in [3.05, 3.63) is 53.2 Å². The van der Waals surface area contributed by atoms with Crippen molar-refractivity contribution in [2.75, 3.05) is 16.8 Å². The number of aromatic nitrogens is 1. The third-order valence-electron chi connectivity index (χ3n) is 4.51. The Morgan fingerprint density at radius 1 is 0.935 bits per heavy atom. The number of anilines is 2. The summed E-state index contributed by atoms with van der Waals surface area (Å²) in [5.41, 5.74) is 3.20. The molecule has 2 N–H and O–H groups in total. The Kier molecular flexibility index (Phi) is 7.91. The molecule has 0 unspecified atom stereocenters. The summed E-state index contributed by atoms with van der Waals surface area (Å²) in [4.78, 5) is 43.4. The van der Waals surface area contributed by atoms with Crippen LogP contribution < -0.4 is 15.5 Å². The Hall–Kier alpha value is -3.22. The van der Waals surface area contributed by atoms with Gasteiger partial charge < -0.3 is 15.5 Å². The number of benzene rings is 1. The number of amides is 3. The van der Waals surface area contributed by atoms with Crippen molar-refractivity contribution in [1.29, 1.82) is 0 Å². The molecule has 0 aliphatic carbocycles. The van der Waals surface area contributed by atoms with Gasteiger partial charge in [-0.15, -0.1) is 0 Å². The van der Waals surface area contributed by atoms with Crippen LogP contribution in [-0.2, 0) is 14.4 Å². The van der Waals surface area contributed by atoms with Crippen molar-refractivity contribution in [2.24, 2.45) is 0 Å². The van der Waals surface area contributed by atoms with Crippen molar-refractivity contribution in [1.82, 2.24) is 10.3 Å². The van der Waals surface area contributed by atoms with E-state index < -0.39 is 5.54 Å². The fourth-order valence-corrected chi connectivity index (χ4v) is 3.18. The predicted octanol–water partition coefficient (Wildman–Crippen LogP) is 3.67. The molecule has 166 valence electrons. The van der Waals surface area contributed by atoms with Gasteiger partial charge >= 0.3 is 0 Å². The van der Waals surface area contributed by atoms with E-state index in [1.54, 1.807) is 12.3 Å². The molecule has 0 fully saturated rings. The van der Waals surface area contributed by atoms with Gasteiger partial charge in [-0.3, -0.25) is 14.4 Å². The summed E-state index contributed by atoms with van der Waals surface area (Å²) in [5.74, 6) is -0.392. The minimum absolute atomic E-state index is 0.00322. The standard InChI is InChI=1S/C24H32N4O3/c1-16-7-8-19(18(3)13-16)28(15-22(30)27-24(4,5)6)23(31)10-9-21(29)26-20-14-17(2)11-12-25-20/h7-8,11-14H,9-10,15H2,1-6H3,(H,27,30)(H,25,26,29). The molecule has 31 heavy (non-hydrogen) atoms. The maximum Gasteiger partial charge on any atom is 0.240 e. The molecule has 0 atom stereocenters. The Morgan fingerprint density at radius 2 is 1.61 bits per heavy atom. The molecular weight excluding hydrogens is 392 g/mol. The topological polar surface area (TPSA) is 91.4 Å². The Bertz CT molecular complexity index is 964. The first-order chi connectivity index (χ1) is 14.4. The molecule has 0 aliphatic heterocycles. The zero-order chi connectivity index (χ0) is 23.2. The molecule has 0 spiro atoms. The van der Waals surface area contributed by atoms with E-state index in [0.717, 1.165) is 16.7 Å². The van der Waals surface area contributed by atoms with Crippen LogP contribution in [0, 0.1) is 20.8 Å². The van der Waals surface area contributed by atoms with E-state index in [4.69, 9.17) is 0 Å². The van der Waals surface area contributed by atoms with E-state index in [2.05, 4.69) is 15.6 Å². The number of hydrogen-bond donors (Lipinski definition) is 2. The van der Waals surface area contributed by atoms with Gasteiger partial charge in [0.1, 0.15) is 12.4 Å². The van der Waals surface area contributed by atoms with Crippen LogP contribution in [0.1, 0.15) is 50.3 Å². The van der Waals surface area contributed by atoms with Crippen LogP contribution in [0.2, 0.25) is 0 Å². The second kappa shape index (κ2) is 10.2. The van der Waals surface area contributed by atoms with Crippen LogP contribution >= 0.6 is 0 Å². The first-order valence-corrected chi connectivity index (χ1v) is 10.4. The largest absolute Gasteiger partial charge is 0.350 e. The molecule has 2 rings (SSSR count). The van der Waals surface area contributed by atoms with Crippen LogP contribution in [0.25, 0.3) is 0 Å². The summed E-state index contributed by atoms with van der Waals surface area (Å²) in [5, 5.41) is 5.59. The van der Waals surface area contributed by atoms with E-state index in [0.29, 0.717) is 11.5 Å². The molecule has 0 radical (unpaired) electrons. The van der Waals surface area contributed by atoms with Gasteiger partial charge in [0.15, 0.2) is 0 Å². The van der Waals surface area contributed by atoms with Crippen LogP contribution in [0.3, 0.4) is 0 Å². The maximum absolute atomic E-state index is 13.0. The van der Waals surface area contributed by atoms with Crippen LogP contribution in [0.4, 0.5) is 11.5 Å². The van der Waals surface area contributed by atoms with Gasteiger partial charge in [-0.1, -0.05) is 17.7 Å². The van der Waals surface area contributed by atoms with E-state index >= 15 is 0 Å². The first kappa shape index (κ1) is 24.1. The second-order valence-corrected chi connectivity index (χ2v) is 8.83. The Labute approximate surface area is 184 Å². The minimum atomic E-state index is -0.408. The average Bonchev–Trinajstić information content (AvgIpc) is 2.63. The molecule has 0 aliphatic rings. The SMILES string of the molecule is Cc1ccnc(NC(=O)CCC(=O)N(CC(=O)NC(C)(C)C)c2ccc(C)cc2C)c1. The molecule has 0 bridgehead atoms. The number of nitrogens with zero attached hydrogens (tertiary/aromatic N) is 2.